The highest BCUT2D eigenvalue weighted by molar-refractivity contribution is 5.89. The first kappa shape index (κ1) is 16.3. The average Bonchev–Trinajstić information content (AvgIpc) is 2.95. The first-order valence-electron chi connectivity index (χ1n) is 7.85. The molecular weight excluding hydrogens is 278 g/mol. The molecule has 1 heterocycles. The summed E-state index contributed by atoms with van der Waals surface area (Å²) in [7, 11) is 0. The molecule has 4 nitrogen and oxygen atoms in total. The highest BCUT2D eigenvalue weighted by Gasteiger charge is 2.27. The van der Waals surface area contributed by atoms with Crippen LogP contribution in [0, 0.1) is 5.92 Å². The van der Waals surface area contributed by atoms with Crippen molar-refractivity contribution in [3.05, 3.63) is 36.0 Å². The van der Waals surface area contributed by atoms with Crippen molar-refractivity contribution in [2.75, 3.05) is 0 Å². The number of H-pyrrole nitrogens is 1. The lowest BCUT2D eigenvalue weighted by molar-refractivity contribution is -0.156. The fourth-order valence-electron chi connectivity index (χ4n) is 2.46. The number of nitrogens with one attached hydrogen (secondary N) is 1. The Morgan fingerprint density at radius 1 is 1.23 bits per heavy atom. The van der Waals surface area contributed by atoms with Crippen LogP contribution in [0.1, 0.15) is 39.2 Å². The fraction of sp³-hybridized carbons (Fsp3) is 0.444. The molecule has 4 heteroatoms. The largest absolute Gasteiger partial charge is 0.454 e. The molecule has 2 unspecified atom stereocenters. The molecule has 0 saturated carbocycles. The van der Waals surface area contributed by atoms with Crippen LogP contribution in [0.5, 0.6) is 0 Å². The molecule has 0 aliphatic heterocycles. The van der Waals surface area contributed by atoms with Crippen LogP contribution in [0.2, 0.25) is 0 Å². The van der Waals surface area contributed by atoms with Crippen molar-refractivity contribution in [2.45, 2.75) is 46.1 Å². The van der Waals surface area contributed by atoms with E-state index in [0.717, 1.165) is 22.9 Å². The van der Waals surface area contributed by atoms with Gasteiger partial charge in [0.15, 0.2) is 11.9 Å². The molecule has 0 saturated heterocycles. The minimum absolute atomic E-state index is 0.00502. The molecule has 1 N–H and O–H groups in total. The van der Waals surface area contributed by atoms with Crippen molar-refractivity contribution in [3.63, 3.8) is 0 Å². The Kier molecular flexibility index (Phi) is 5.36. The van der Waals surface area contributed by atoms with E-state index in [4.69, 9.17) is 4.74 Å². The van der Waals surface area contributed by atoms with Crippen LogP contribution in [0.4, 0.5) is 0 Å². The van der Waals surface area contributed by atoms with E-state index in [9.17, 15) is 9.59 Å². The van der Waals surface area contributed by atoms with E-state index < -0.39 is 6.10 Å². The molecular formula is C18H23NO3. The van der Waals surface area contributed by atoms with Gasteiger partial charge < -0.3 is 9.72 Å². The number of ether oxygens (including phenoxy) is 1. The van der Waals surface area contributed by atoms with E-state index >= 15 is 0 Å². The van der Waals surface area contributed by atoms with Gasteiger partial charge in [0.2, 0.25) is 0 Å². The number of benzene rings is 1. The van der Waals surface area contributed by atoms with Crippen molar-refractivity contribution in [2.24, 2.45) is 5.92 Å². The number of carbonyl (C=O) groups excluding carboxylic acids is 2. The van der Waals surface area contributed by atoms with E-state index in [1.165, 1.54) is 0 Å². The molecule has 118 valence electrons. The Labute approximate surface area is 130 Å². The maximum atomic E-state index is 12.5. The molecule has 1 aromatic heterocycles. The summed E-state index contributed by atoms with van der Waals surface area (Å²) in [5.41, 5.74) is 2.02. The van der Waals surface area contributed by atoms with Gasteiger partial charge >= 0.3 is 5.97 Å². The Hall–Kier alpha value is -2.10. The number of carbonyl (C=O) groups is 2. The summed E-state index contributed by atoms with van der Waals surface area (Å²) in [4.78, 5) is 27.3. The van der Waals surface area contributed by atoms with Crippen molar-refractivity contribution in [1.29, 1.82) is 0 Å². The lowest BCUT2D eigenvalue weighted by atomic mass is 9.94. The van der Waals surface area contributed by atoms with Gasteiger partial charge in [0.05, 0.1) is 0 Å². The topological polar surface area (TPSA) is 59.2 Å². The number of aromatic nitrogens is 1. The first-order valence-corrected chi connectivity index (χ1v) is 7.85. The Morgan fingerprint density at radius 3 is 2.64 bits per heavy atom. The highest BCUT2D eigenvalue weighted by atomic mass is 16.5. The van der Waals surface area contributed by atoms with Gasteiger partial charge in [0.25, 0.3) is 0 Å². The summed E-state index contributed by atoms with van der Waals surface area (Å²) < 4.78 is 5.40. The first-order chi connectivity index (χ1) is 10.6. The van der Waals surface area contributed by atoms with Gasteiger partial charge in [-0.15, -0.1) is 0 Å². The zero-order chi connectivity index (χ0) is 16.1. The lowest BCUT2D eigenvalue weighted by Gasteiger charge is -2.19. The van der Waals surface area contributed by atoms with Crippen molar-refractivity contribution in [3.8, 4) is 0 Å². The SMILES string of the molecule is CCC(=O)OC(Cc1c[nH]c2ccccc12)C(=O)C(C)CC. The summed E-state index contributed by atoms with van der Waals surface area (Å²) in [6, 6.07) is 7.92. The second-order valence-electron chi connectivity index (χ2n) is 5.61. The highest BCUT2D eigenvalue weighted by Crippen LogP contribution is 2.22. The van der Waals surface area contributed by atoms with Crippen molar-refractivity contribution in [1.82, 2.24) is 4.98 Å². The Bertz CT molecular complexity index is 659. The molecule has 0 radical (unpaired) electrons. The van der Waals surface area contributed by atoms with Crippen LogP contribution in [0.3, 0.4) is 0 Å². The molecule has 0 bridgehead atoms. The number of para-hydroxylation sites is 1. The van der Waals surface area contributed by atoms with Gasteiger partial charge in [-0.05, 0) is 18.1 Å². The van der Waals surface area contributed by atoms with Gasteiger partial charge in [-0.3, -0.25) is 9.59 Å². The molecule has 0 spiro atoms. The molecule has 0 aliphatic carbocycles. The van der Waals surface area contributed by atoms with Gasteiger partial charge in [-0.1, -0.05) is 39.0 Å². The quantitative estimate of drug-likeness (QED) is 0.794. The van der Waals surface area contributed by atoms with Crippen LogP contribution in [-0.4, -0.2) is 22.8 Å². The second kappa shape index (κ2) is 7.25. The second-order valence-corrected chi connectivity index (χ2v) is 5.61. The number of ketones is 1. The van der Waals surface area contributed by atoms with Crippen LogP contribution in [0.25, 0.3) is 10.9 Å². The van der Waals surface area contributed by atoms with Gasteiger partial charge in [0, 0.05) is 35.9 Å². The molecule has 2 aromatic rings. The maximum absolute atomic E-state index is 12.5. The van der Waals surface area contributed by atoms with E-state index in [2.05, 4.69) is 4.98 Å². The van der Waals surface area contributed by atoms with Crippen LogP contribution < -0.4 is 0 Å². The third-order valence-electron chi connectivity index (χ3n) is 4.06. The Balaban J connectivity index is 2.25. The molecule has 0 amide bonds. The number of hydrogen-bond donors (Lipinski definition) is 1. The smallest absolute Gasteiger partial charge is 0.306 e. The van der Waals surface area contributed by atoms with Crippen LogP contribution in [-0.2, 0) is 20.7 Å². The number of rotatable bonds is 7. The summed E-state index contributed by atoms with van der Waals surface area (Å²) in [6.45, 7) is 5.58. The van der Waals surface area contributed by atoms with Crippen molar-refractivity contribution >= 4 is 22.7 Å². The van der Waals surface area contributed by atoms with Crippen LogP contribution >= 0.6 is 0 Å². The normalized spacial score (nSPS) is 13.8. The van der Waals surface area contributed by atoms with Crippen LogP contribution in [0.15, 0.2) is 30.5 Å². The van der Waals surface area contributed by atoms with E-state index in [1.807, 2.05) is 44.3 Å². The standard InChI is InChI=1S/C18H23NO3/c1-4-12(3)18(21)16(22-17(20)5-2)10-13-11-19-15-9-7-6-8-14(13)15/h6-9,11-12,16,19H,4-5,10H2,1-3H3. The zero-order valence-corrected chi connectivity index (χ0v) is 13.4. The van der Waals surface area contributed by atoms with E-state index in [0.29, 0.717) is 6.42 Å². The monoisotopic (exact) mass is 301 g/mol. The molecule has 22 heavy (non-hydrogen) atoms. The molecule has 0 fully saturated rings. The minimum Gasteiger partial charge on any atom is -0.454 e. The number of esters is 1. The predicted octanol–water partition coefficient (Wildman–Crippen LogP) is 3.65. The van der Waals surface area contributed by atoms with Gasteiger partial charge in [0.1, 0.15) is 0 Å². The number of fused-ring (bicyclic) bond motifs is 1. The number of aromatic amines is 1. The number of hydrogen-bond acceptors (Lipinski definition) is 3. The zero-order valence-electron chi connectivity index (χ0n) is 13.4. The van der Waals surface area contributed by atoms with Gasteiger partial charge in [-0.2, -0.15) is 0 Å². The molecule has 0 aliphatic rings. The van der Waals surface area contributed by atoms with E-state index in [1.54, 1.807) is 6.92 Å². The lowest BCUT2D eigenvalue weighted by Crippen LogP contribution is -2.33. The average molecular weight is 301 g/mol. The third-order valence-corrected chi connectivity index (χ3v) is 4.06. The molecule has 1 aromatic carbocycles. The summed E-state index contributed by atoms with van der Waals surface area (Å²) >= 11 is 0. The molecule has 2 rings (SSSR count). The van der Waals surface area contributed by atoms with Crippen molar-refractivity contribution < 1.29 is 14.3 Å². The maximum Gasteiger partial charge on any atom is 0.306 e. The fourth-order valence-corrected chi connectivity index (χ4v) is 2.46. The third kappa shape index (κ3) is 3.56. The van der Waals surface area contributed by atoms with Gasteiger partial charge in [-0.25, -0.2) is 0 Å². The summed E-state index contributed by atoms with van der Waals surface area (Å²) in [5.74, 6) is -0.448. The summed E-state index contributed by atoms with van der Waals surface area (Å²) in [5, 5.41) is 1.07. The predicted molar refractivity (Wildman–Crippen MR) is 86.6 cm³/mol. The van der Waals surface area contributed by atoms with E-state index in [-0.39, 0.29) is 24.1 Å². The minimum atomic E-state index is -0.707. The Morgan fingerprint density at radius 2 is 1.95 bits per heavy atom. The summed E-state index contributed by atoms with van der Waals surface area (Å²) in [6.07, 6.45) is 2.62. The number of Topliss-reactive ketones (excluding diaryl/α,β-unsaturated/α-hetero) is 1. The molecule has 2 atom stereocenters.